The Kier molecular flexibility index (Phi) is 4.66. The molecule has 0 amide bonds. The van der Waals surface area contributed by atoms with Crippen molar-refractivity contribution in [2.75, 3.05) is 6.61 Å². The van der Waals surface area contributed by atoms with Gasteiger partial charge in [0.2, 0.25) is 0 Å². The monoisotopic (exact) mass is 248 g/mol. The third kappa shape index (κ3) is 4.05. The quantitative estimate of drug-likeness (QED) is 0.592. The maximum absolute atomic E-state index is 11.5. The van der Waals surface area contributed by atoms with Crippen molar-refractivity contribution in [1.82, 2.24) is 0 Å². The Balaban J connectivity index is 2.58. The fourth-order valence-electron chi connectivity index (χ4n) is 1.40. The second-order valence-corrected chi connectivity index (χ2v) is 4.16. The maximum atomic E-state index is 11.5. The van der Waals surface area contributed by atoms with Gasteiger partial charge in [0, 0.05) is 6.08 Å². The molecule has 0 N–H and O–H groups in total. The van der Waals surface area contributed by atoms with E-state index in [0.29, 0.717) is 0 Å². The van der Waals surface area contributed by atoms with Crippen LogP contribution in [0.25, 0.3) is 0 Å². The fraction of sp³-hybridized carbons (Fsp3) is 0.286. The van der Waals surface area contributed by atoms with Crippen molar-refractivity contribution in [3.8, 4) is 0 Å². The van der Waals surface area contributed by atoms with Gasteiger partial charge < -0.3 is 9.47 Å². The largest absolute Gasteiger partial charge is 0.452 e. The summed E-state index contributed by atoms with van der Waals surface area (Å²) in [5, 5.41) is 0. The van der Waals surface area contributed by atoms with Gasteiger partial charge in [-0.2, -0.15) is 0 Å². The fourth-order valence-corrected chi connectivity index (χ4v) is 1.40. The summed E-state index contributed by atoms with van der Waals surface area (Å²) in [5.41, 5.74) is 0.104. The highest BCUT2D eigenvalue weighted by molar-refractivity contribution is 5.83. The summed E-state index contributed by atoms with van der Waals surface area (Å²) in [6.45, 7) is 6.37. The van der Waals surface area contributed by atoms with Crippen molar-refractivity contribution in [3.05, 3.63) is 48.6 Å². The number of carbonyl (C=O) groups is 2. The first-order valence-electron chi connectivity index (χ1n) is 5.52. The van der Waals surface area contributed by atoms with E-state index >= 15 is 0 Å². The van der Waals surface area contributed by atoms with Gasteiger partial charge >= 0.3 is 11.9 Å². The summed E-state index contributed by atoms with van der Waals surface area (Å²) < 4.78 is 9.87. The molecule has 0 aliphatic rings. The summed E-state index contributed by atoms with van der Waals surface area (Å²) >= 11 is 0. The minimum Gasteiger partial charge on any atom is -0.452 e. The van der Waals surface area contributed by atoms with Gasteiger partial charge in [-0.15, -0.1) is 0 Å². The molecule has 4 nitrogen and oxygen atoms in total. The van der Waals surface area contributed by atoms with E-state index < -0.39 is 24.1 Å². The zero-order valence-electron chi connectivity index (χ0n) is 10.5. The number of carbonyl (C=O) groups excluding carboxylic acids is 2. The van der Waals surface area contributed by atoms with Crippen molar-refractivity contribution in [1.29, 1.82) is 0 Å². The Bertz CT molecular complexity index is 434. The van der Waals surface area contributed by atoms with Gasteiger partial charge in [0.05, 0.1) is 0 Å². The summed E-state index contributed by atoms with van der Waals surface area (Å²) in [6.07, 6.45) is 0.996. The summed E-state index contributed by atoms with van der Waals surface area (Å²) in [5.74, 6) is -1.25. The Labute approximate surface area is 106 Å². The first kappa shape index (κ1) is 14.0. The zero-order chi connectivity index (χ0) is 13.6. The minimum absolute atomic E-state index is 0.416. The van der Waals surface area contributed by atoms with Crippen LogP contribution in [-0.2, 0) is 24.7 Å². The highest BCUT2D eigenvalue weighted by Gasteiger charge is 2.25. The molecule has 0 radical (unpaired) electrons. The number of esters is 2. The molecule has 0 saturated heterocycles. The predicted molar refractivity (Wildman–Crippen MR) is 66.7 cm³/mol. The third-order valence-corrected chi connectivity index (χ3v) is 2.34. The van der Waals surface area contributed by atoms with Crippen molar-refractivity contribution in [2.24, 2.45) is 0 Å². The van der Waals surface area contributed by atoms with Gasteiger partial charge in [-0.25, -0.2) is 9.59 Å². The van der Waals surface area contributed by atoms with Gasteiger partial charge in [0.25, 0.3) is 0 Å². The molecular formula is C14H16O4. The van der Waals surface area contributed by atoms with Gasteiger partial charge in [-0.05, 0) is 19.4 Å². The highest BCUT2D eigenvalue weighted by atomic mass is 16.6. The molecule has 0 spiro atoms. The van der Waals surface area contributed by atoms with Crippen LogP contribution >= 0.6 is 0 Å². The Hall–Kier alpha value is -2.10. The van der Waals surface area contributed by atoms with Crippen LogP contribution in [0.5, 0.6) is 0 Å². The summed E-state index contributed by atoms with van der Waals surface area (Å²) in [4.78, 5) is 22.3. The number of benzene rings is 1. The SMILES string of the molecule is C=CC(=O)OCC(=O)OC(C)(C)c1ccccc1. The number of ether oxygens (including phenoxy) is 2. The molecule has 18 heavy (non-hydrogen) atoms. The molecule has 1 aromatic rings. The van der Waals surface area contributed by atoms with Crippen molar-refractivity contribution < 1.29 is 19.1 Å². The topological polar surface area (TPSA) is 52.6 Å². The van der Waals surface area contributed by atoms with Crippen LogP contribution in [0.4, 0.5) is 0 Å². The molecule has 0 aromatic heterocycles. The number of hydrogen-bond donors (Lipinski definition) is 0. The van der Waals surface area contributed by atoms with Crippen LogP contribution in [0.2, 0.25) is 0 Å². The van der Waals surface area contributed by atoms with E-state index in [1.807, 2.05) is 30.3 Å². The lowest BCUT2D eigenvalue weighted by atomic mass is 9.98. The number of hydrogen-bond acceptors (Lipinski definition) is 4. The van der Waals surface area contributed by atoms with Crippen molar-refractivity contribution >= 4 is 11.9 Å². The van der Waals surface area contributed by atoms with E-state index in [9.17, 15) is 9.59 Å². The molecule has 0 unspecified atom stereocenters. The average Bonchev–Trinajstić information content (AvgIpc) is 2.36. The Morgan fingerprint density at radius 1 is 1.28 bits per heavy atom. The predicted octanol–water partition coefficient (Wildman–Crippen LogP) is 2.19. The zero-order valence-corrected chi connectivity index (χ0v) is 10.5. The maximum Gasteiger partial charge on any atom is 0.345 e. The Morgan fingerprint density at radius 3 is 2.44 bits per heavy atom. The highest BCUT2D eigenvalue weighted by Crippen LogP contribution is 2.24. The van der Waals surface area contributed by atoms with E-state index in [4.69, 9.17) is 4.74 Å². The summed E-state index contributed by atoms with van der Waals surface area (Å²) in [6, 6.07) is 9.34. The van der Waals surface area contributed by atoms with E-state index in [2.05, 4.69) is 11.3 Å². The molecule has 0 saturated carbocycles. The second-order valence-electron chi connectivity index (χ2n) is 4.16. The number of rotatable bonds is 5. The molecule has 0 fully saturated rings. The standard InChI is InChI=1S/C14H16O4/c1-4-12(15)17-10-13(16)18-14(2,3)11-8-6-5-7-9-11/h4-9H,1,10H2,2-3H3. The van der Waals surface area contributed by atoms with Crippen LogP contribution in [0.1, 0.15) is 19.4 Å². The molecule has 0 atom stereocenters. The van der Waals surface area contributed by atoms with Gasteiger partial charge in [0.15, 0.2) is 6.61 Å². The van der Waals surface area contributed by atoms with E-state index in [1.54, 1.807) is 13.8 Å². The third-order valence-electron chi connectivity index (χ3n) is 2.34. The first-order chi connectivity index (χ1) is 8.45. The van der Waals surface area contributed by atoms with Crippen LogP contribution < -0.4 is 0 Å². The van der Waals surface area contributed by atoms with Gasteiger partial charge in [-0.1, -0.05) is 36.9 Å². The van der Waals surface area contributed by atoms with Gasteiger partial charge in [0.1, 0.15) is 5.60 Å². The second kappa shape index (κ2) is 6.00. The smallest absolute Gasteiger partial charge is 0.345 e. The lowest BCUT2D eigenvalue weighted by molar-refractivity contribution is -0.166. The molecule has 4 heteroatoms. The summed E-state index contributed by atoms with van der Waals surface area (Å²) in [7, 11) is 0. The van der Waals surface area contributed by atoms with Crippen molar-refractivity contribution in [3.63, 3.8) is 0 Å². The molecular weight excluding hydrogens is 232 g/mol. The molecule has 1 aromatic carbocycles. The van der Waals surface area contributed by atoms with Crippen LogP contribution in [-0.4, -0.2) is 18.5 Å². The van der Waals surface area contributed by atoms with Crippen molar-refractivity contribution in [2.45, 2.75) is 19.4 Å². The molecule has 0 bridgehead atoms. The Morgan fingerprint density at radius 2 is 1.89 bits per heavy atom. The normalized spacial score (nSPS) is 10.6. The van der Waals surface area contributed by atoms with E-state index in [-0.39, 0.29) is 0 Å². The molecule has 0 aliphatic heterocycles. The van der Waals surface area contributed by atoms with Crippen LogP contribution in [0.15, 0.2) is 43.0 Å². The molecule has 96 valence electrons. The van der Waals surface area contributed by atoms with Crippen LogP contribution in [0, 0.1) is 0 Å². The minimum atomic E-state index is -0.765. The lowest BCUT2D eigenvalue weighted by Crippen LogP contribution is -2.28. The molecule has 0 aliphatic carbocycles. The first-order valence-corrected chi connectivity index (χ1v) is 5.52. The lowest BCUT2D eigenvalue weighted by Gasteiger charge is -2.25. The van der Waals surface area contributed by atoms with E-state index in [0.717, 1.165) is 11.6 Å². The molecule has 1 rings (SSSR count). The van der Waals surface area contributed by atoms with Gasteiger partial charge in [-0.3, -0.25) is 0 Å². The molecule has 0 heterocycles. The average molecular weight is 248 g/mol. The van der Waals surface area contributed by atoms with Crippen LogP contribution in [0.3, 0.4) is 0 Å². The van der Waals surface area contributed by atoms with E-state index in [1.165, 1.54) is 0 Å².